The SMILES string of the molecule is Cl.O=C(Nc1ccc(-c2cn3ccsc3n2)cc1)C1CCNC1. The number of hydrogen-bond acceptors (Lipinski definition) is 4. The highest BCUT2D eigenvalue weighted by Crippen LogP contribution is 2.23. The molecule has 1 aromatic carbocycles. The number of rotatable bonds is 3. The molecule has 23 heavy (non-hydrogen) atoms. The minimum atomic E-state index is 0. The van der Waals surface area contributed by atoms with Crippen molar-refractivity contribution in [1.29, 1.82) is 0 Å². The van der Waals surface area contributed by atoms with Crippen LogP contribution in [0.5, 0.6) is 0 Å². The Hall–Kier alpha value is -1.89. The topological polar surface area (TPSA) is 58.4 Å². The number of aromatic nitrogens is 2. The van der Waals surface area contributed by atoms with Gasteiger partial charge in [0, 0.05) is 35.6 Å². The van der Waals surface area contributed by atoms with E-state index in [1.165, 1.54) is 0 Å². The molecule has 1 aliphatic rings. The molecule has 1 unspecified atom stereocenters. The maximum absolute atomic E-state index is 12.1. The van der Waals surface area contributed by atoms with Gasteiger partial charge in [0.1, 0.15) is 0 Å². The average molecular weight is 349 g/mol. The van der Waals surface area contributed by atoms with Gasteiger partial charge < -0.3 is 10.6 Å². The van der Waals surface area contributed by atoms with Crippen LogP contribution in [0.25, 0.3) is 16.2 Å². The Morgan fingerprint density at radius 3 is 2.87 bits per heavy atom. The Kier molecular flexibility index (Phi) is 4.66. The number of carbonyl (C=O) groups is 1. The van der Waals surface area contributed by atoms with Gasteiger partial charge in [0.2, 0.25) is 5.91 Å². The Morgan fingerprint density at radius 2 is 2.17 bits per heavy atom. The zero-order valence-electron chi connectivity index (χ0n) is 12.4. The molecule has 3 aromatic rings. The number of imidazole rings is 1. The first-order valence-corrected chi connectivity index (χ1v) is 8.22. The summed E-state index contributed by atoms with van der Waals surface area (Å²) in [6, 6.07) is 7.86. The Labute approximate surface area is 144 Å². The molecule has 5 nitrogen and oxygen atoms in total. The van der Waals surface area contributed by atoms with Crippen molar-refractivity contribution in [3.8, 4) is 11.3 Å². The minimum absolute atomic E-state index is 0. The molecule has 4 rings (SSSR count). The van der Waals surface area contributed by atoms with Crippen LogP contribution in [0.15, 0.2) is 42.0 Å². The van der Waals surface area contributed by atoms with Crippen LogP contribution >= 0.6 is 23.7 Å². The van der Waals surface area contributed by atoms with Crippen molar-refractivity contribution in [2.45, 2.75) is 6.42 Å². The lowest BCUT2D eigenvalue weighted by molar-refractivity contribution is -0.119. The molecule has 1 aliphatic heterocycles. The lowest BCUT2D eigenvalue weighted by Gasteiger charge is -2.10. The third kappa shape index (κ3) is 3.24. The Morgan fingerprint density at radius 1 is 1.35 bits per heavy atom. The second kappa shape index (κ2) is 6.70. The van der Waals surface area contributed by atoms with Crippen LogP contribution < -0.4 is 10.6 Å². The molecule has 1 atom stereocenters. The summed E-state index contributed by atoms with van der Waals surface area (Å²) in [6.07, 6.45) is 4.93. The normalized spacial score (nSPS) is 17.1. The number of nitrogens with zero attached hydrogens (tertiary/aromatic N) is 2. The fourth-order valence-electron chi connectivity index (χ4n) is 2.71. The van der Waals surface area contributed by atoms with Crippen molar-refractivity contribution < 1.29 is 4.79 Å². The second-order valence-electron chi connectivity index (χ2n) is 5.48. The number of benzene rings is 1. The van der Waals surface area contributed by atoms with Crippen molar-refractivity contribution >= 4 is 40.3 Å². The standard InChI is InChI=1S/C16H16N4OS.ClH/c21-15(12-5-6-17-9-12)18-13-3-1-11(2-4-13)14-10-20-7-8-22-16(20)19-14;/h1-4,7-8,10,12,17H,5-6,9H2,(H,18,21);1H. The summed E-state index contributed by atoms with van der Waals surface area (Å²) in [4.78, 5) is 17.7. The van der Waals surface area contributed by atoms with E-state index in [9.17, 15) is 4.79 Å². The highest BCUT2D eigenvalue weighted by molar-refractivity contribution is 7.15. The number of thiazole rings is 1. The lowest BCUT2D eigenvalue weighted by atomic mass is 10.1. The zero-order valence-corrected chi connectivity index (χ0v) is 14.0. The van der Waals surface area contributed by atoms with E-state index in [2.05, 4.69) is 15.6 Å². The Bertz CT molecular complexity index is 776. The van der Waals surface area contributed by atoms with E-state index < -0.39 is 0 Å². The highest BCUT2D eigenvalue weighted by atomic mass is 35.5. The summed E-state index contributed by atoms with van der Waals surface area (Å²) >= 11 is 1.62. The van der Waals surface area contributed by atoms with Crippen LogP contribution in [0.3, 0.4) is 0 Å². The molecular weight excluding hydrogens is 332 g/mol. The molecule has 1 amide bonds. The van der Waals surface area contributed by atoms with E-state index in [-0.39, 0.29) is 24.2 Å². The van der Waals surface area contributed by atoms with E-state index in [1.54, 1.807) is 11.3 Å². The molecule has 2 aromatic heterocycles. The summed E-state index contributed by atoms with van der Waals surface area (Å²) in [5.74, 6) is 0.180. The monoisotopic (exact) mass is 348 g/mol. The third-order valence-electron chi connectivity index (χ3n) is 3.97. The summed E-state index contributed by atoms with van der Waals surface area (Å²) in [6.45, 7) is 1.70. The van der Waals surface area contributed by atoms with Gasteiger partial charge in [-0.15, -0.1) is 23.7 Å². The van der Waals surface area contributed by atoms with Gasteiger partial charge in [-0.1, -0.05) is 12.1 Å². The van der Waals surface area contributed by atoms with Crippen LogP contribution in [0.1, 0.15) is 6.42 Å². The average Bonchev–Trinajstić information content (AvgIpc) is 3.24. The van der Waals surface area contributed by atoms with Crippen LogP contribution in [-0.2, 0) is 4.79 Å². The number of nitrogens with one attached hydrogen (secondary N) is 2. The quantitative estimate of drug-likeness (QED) is 0.765. The Balaban J connectivity index is 0.00000156. The van der Waals surface area contributed by atoms with Gasteiger partial charge in [0.15, 0.2) is 4.96 Å². The molecule has 1 fully saturated rings. The van der Waals surface area contributed by atoms with Crippen LogP contribution in [0, 0.1) is 5.92 Å². The van der Waals surface area contributed by atoms with Crippen molar-refractivity contribution in [2.24, 2.45) is 5.92 Å². The predicted octanol–water partition coefficient (Wildman–Crippen LogP) is 3.03. The van der Waals surface area contributed by atoms with Gasteiger partial charge in [0.25, 0.3) is 0 Å². The number of carbonyl (C=O) groups excluding carboxylic acids is 1. The number of amides is 1. The maximum Gasteiger partial charge on any atom is 0.228 e. The van der Waals surface area contributed by atoms with Gasteiger partial charge in [-0.05, 0) is 25.1 Å². The first-order valence-electron chi connectivity index (χ1n) is 7.34. The van der Waals surface area contributed by atoms with Gasteiger partial charge in [-0.25, -0.2) is 4.98 Å². The first kappa shape index (κ1) is 16.0. The summed E-state index contributed by atoms with van der Waals surface area (Å²) in [7, 11) is 0. The third-order valence-corrected chi connectivity index (χ3v) is 4.74. The molecule has 0 bridgehead atoms. The molecule has 1 saturated heterocycles. The van der Waals surface area contributed by atoms with Crippen molar-refractivity contribution in [2.75, 3.05) is 18.4 Å². The van der Waals surface area contributed by atoms with Gasteiger partial charge in [-0.2, -0.15) is 0 Å². The fraction of sp³-hybridized carbons (Fsp3) is 0.250. The van der Waals surface area contributed by atoms with Crippen molar-refractivity contribution in [3.05, 3.63) is 42.0 Å². The number of anilines is 1. The molecule has 0 spiro atoms. The molecular formula is C16H17ClN4OS. The summed E-state index contributed by atoms with van der Waals surface area (Å²) in [5, 5.41) is 8.21. The molecule has 7 heteroatoms. The minimum Gasteiger partial charge on any atom is -0.326 e. The number of fused-ring (bicyclic) bond motifs is 1. The molecule has 0 saturated carbocycles. The molecule has 2 N–H and O–H groups in total. The lowest BCUT2D eigenvalue weighted by Crippen LogP contribution is -2.24. The largest absolute Gasteiger partial charge is 0.326 e. The van der Waals surface area contributed by atoms with Crippen LogP contribution in [0.4, 0.5) is 5.69 Å². The van der Waals surface area contributed by atoms with E-state index in [0.717, 1.165) is 41.4 Å². The first-order chi connectivity index (χ1) is 10.8. The smallest absolute Gasteiger partial charge is 0.228 e. The van der Waals surface area contributed by atoms with E-state index in [1.807, 2.05) is 46.4 Å². The highest BCUT2D eigenvalue weighted by Gasteiger charge is 2.22. The van der Waals surface area contributed by atoms with Crippen LogP contribution in [-0.4, -0.2) is 28.4 Å². The van der Waals surface area contributed by atoms with E-state index in [4.69, 9.17) is 0 Å². The fourth-order valence-corrected chi connectivity index (χ4v) is 3.41. The van der Waals surface area contributed by atoms with Crippen molar-refractivity contribution in [1.82, 2.24) is 14.7 Å². The molecule has 0 radical (unpaired) electrons. The number of halogens is 1. The zero-order chi connectivity index (χ0) is 14.9. The molecule has 120 valence electrons. The van der Waals surface area contributed by atoms with Gasteiger partial charge >= 0.3 is 0 Å². The summed E-state index contributed by atoms with van der Waals surface area (Å²) in [5.41, 5.74) is 2.84. The molecule has 0 aliphatic carbocycles. The molecule has 3 heterocycles. The van der Waals surface area contributed by atoms with Crippen molar-refractivity contribution in [3.63, 3.8) is 0 Å². The van der Waals surface area contributed by atoms with Gasteiger partial charge in [0.05, 0.1) is 11.6 Å². The maximum atomic E-state index is 12.1. The predicted molar refractivity (Wildman–Crippen MR) is 95.4 cm³/mol. The van der Waals surface area contributed by atoms with E-state index in [0.29, 0.717) is 0 Å². The second-order valence-corrected chi connectivity index (χ2v) is 6.35. The number of hydrogen-bond donors (Lipinski definition) is 2. The van der Waals surface area contributed by atoms with Gasteiger partial charge in [-0.3, -0.25) is 9.20 Å². The summed E-state index contributed by atoms with van der Waals surface area (Å²) < 4.78 is 2.02. The van der Waals surface area contributed by atoms with E-state index >= 15 is 0 Å². The van der Waals surface area contributed by atoms with Crippen LogP contribution in [0.2, 0.25) is 0 Å².